The molecule has 0 bridgehead atoms. The van der Waals surface area contributed by atoms with Crippen molar-refractivity contribution >= 4 is 21.9 Å². The normalized spacial score (nSPS) is 13.2. The van der Waals surface area contributed by atoms with E-state index in [0.29, 0.717) is 0 Å². The molecule has 0 heterocycles. The molecule has 2 N–H and O–H groups in total. The summed E-state index contributed by atoms with van der Waals surface area (Å²) in [5.74, 6) is -6.17. The van der Waals surface area contributed by atoms with Crippen LogP contribution in [0, 0.1) is 5.82 Å². The van der Waals surface area contributed by atoms with Crippen molar-refractivity contribution in [2.45, 2.75) is 18.9 Å². The van der Waals surface area contributed by atoms with E-state index >= 15 is 0 Å². The highest BCUT2D eigenvalue weighted by Gasteiger charge is 2.47. The Hall–Kier alpha value is -1.08. The maximum absolute atomic E-state index is 13.6. The maximum Gasteiger partial charge on any atom is 0.379 e. The topological polar surface area (TPSA) is 52.3 Å². The molecule has 100 valence electrons. The van der Waals surface area contributed by atoms with Crippen LogP contribution in [0.1, 0.15) is 18.5 Å². The zero-order valence-corrected chi connectivity index (χ0v) is 11.0. The third kappa shape index (κ3) is 3.02. The van der Waals surface area contributed by atoms with Crippen LogP contribution in [0.25, 0.3) is 0 Å². The summed E-state index contributed by atoms with van der Waals surface area (Å²) < 4.78 is 44.4. The first-order valence-electron chi connectivity index (χ1n) is 5.06. The van der Waals surface area contributed by atoms with Crippen molar-refractivity contribution in [1.29, 1.82) is 0 Å². The van der Waals surface area contributed by atoms with Crippen LogP contribution in [0.15, 0.2) is 22.7 Å². The molecule has 0 spiro atoms. The van der Waals surface area contributed by atoms with Crippen molar-refractivity contribution in [2.75, 3.05) is 6.61 Å². The molecule has 0 amide bonds. The number of carbonyl (C=O) groups excluding carboxylic acids is 1. The predicted octanol–water partition coefficient (Wildman–Crippen LogP) is 2.79. The van der Waals surface area contributed by atoms with Gasteiger partial charge in [-0.15, -0.1) is 0 Å². The van der Waals surface area contributed by atoms with E-state index < -0.39 is 23.8 Å². The summed E-state index contributed by atoms with van der Waals surface area (Å²) in [5, 5.41) is 0. The van der Waals surface area contributed by atoms with Gasteiger partial charge in [0, 0.05) is 0 Å². The van der Waals surface area contributed by atoms with Crippen LogP contribution < -0.4 is 5.73 Å². The maximum atomic E-state index is 13.6. The van der Waals surface area contributed by atoms with E-state index in [1.165, 1.54) is 6.92 Å². The molecule has 1 aromatic rings. The summed E-state index contributed by atoms with van der Waals surface area (Å²) in [6, 6.07) is 1.29. The third-order valence-electron chi connectivity index (χ3n) is 2.24. The summed E-state index contributed by atoms with van der Waals surface area (Å²) in [5.41, 5.74) is 5.26. The Bertz CT molecular complexity index is 454. The second-order valence-electron chi connectivity index (χ2n) is 3.49. The van der Waals surface area contributed by atoms with Crippen molar-refractivity contribution in [3.63, 3.8) is 0 Å². The van der Waals surface area contributed by atoms with Gasteiger partial charge in [-0.05, 0) is 40.5 Å². The zero-order valence-electron chi connectivity index (χ0n) is 9.42. The number of halogens is 4. The number of rotatable bonds is 4. The lowest BCUT2D eigenvalue weighted by Crippen LogP contribution is -2.41. The molecule has 0 aliphatic heterocycles. The van der Waals surface area contributed by atoms with E-state index in [9.17, 15) is 18.0 Å². The van der Waals surface area contributed by atoms with Crippen molar-refractivity contribution in [3.8, 4) is 0 Å². The molecular formula is C11H11BrF3NO2. The van der Waals surface area contributed by atoms with Gasteiger partial charge in [0.25, 0.3) is 0 Å². The van der Waals surface area contributed by atoms with E-state index in [2.05, 4.69) is 20.7 Å². The van der Waals surface area contributed by atoms with Crippen molar-refractivity contribution < 1.29 is 22.7 Å². The number of ether oxygens (including phenoxy) is 1. The molecule has 0 aliphatic carbocycles. The largest absolute Gasteiger partial charge is 0.462 e. The molecule has 0 unspecified atom stereocenters. The summed E-state index contributed by atoms with van der Waals surface area (Å²) in [6.45, 7) is 1.24. The first-order chi connectivity index (χ1) is 8.30. The lowest BCUT2D eigenvalue weighted by Gasteiger charge is -2.22. The number of alkyl halides is 2. The molecule has 0 radical (unpaired) electrons. The molecule has 0 aromatic heterocycles. The van der Waals surface area contributed by atoms with Crippen LogP contribution in [0.3, 0.4) is 0 Å². The van der Waals surface area contributed by atoms with Gasteiger partial charge in [0.2, 0.25) is 0 Å². The van der Waals surface area contributed by atoms with Gasteiger partial charge in [0.15, 0.2) is 0 Å². The molecule has 0 fully saturated rings. The minimum absolute atomic E-state index is 0.00453. The van der Waals surface area contributed by atoms with Gasteiger partial charge in [-0.3, -0.25) is 0 Å². The molecule has 1 aromatic carbocycles. The molecule has 18 heavy (non-hydrogen) atoms. The van der Waals surface area contributed by atoms with Crippen LogP contribution in [0.5, 0.6) is 0 Å². The summed E-state index contributed by atoms with van der Waals surface area (Å²) >= 11 is 2.86. The molecule has 0 saturated heterocycles. The van der Waals surface area contributed by atoms with E-state index in [4.69, 9.17) is 5.73 Å². The van der Waals surface area contributed by atoms with Gasteiger partial charge in [-0.2, -0.15) is 8.78 Å². The number of carbonyl (C=O) groups is 1. The second-order valence-corrected chi connectivity index (χ2v) is 4.35. The van der Waals surface area contributed by atoms with Gasteiger partial charge in [0.1, 0.15) is 11.9 Å². The van der Waals surface area contributed by atoms with Gasteiger partial charge in [0.05, 0.1) is 11.1 Å². The molecule has 1 atom stereocenters. The Morgan fingerprint density at radius 3 is 2.67 bits per heavy atom. The van der Waals surface area contributed by atoms with E-state index in [1.54, 1.807) is 0 Å². The lowest BCUT2D eigenvalue weighted by atomic mass is 10.0. The molecule has 0 saturated carbocycles. The SMILES string of the molecule is CCOC(=O)C(F)(F)[C@@H](N)c1ccc(F)c(Br)c1. The number of nitrogens with two attached hydrogens (primary N) is 1. The Kier molecular flexibility index (Phi) is 4.75. The average Bonchev–Trinajstić information content (AvgIpc) is 2.32. The average molecular weight is 326 g/mol. The monoisotopic (exact) mass is 325 g/mol. The highest BCUT2D eigenvalue weighted by Crippen LogP contribution is 2.32. The van der Waals surface area contributed by atoms with Crippen molar-refractivity contribution in [3.05, 3.63) is 34.1 Å². The Balaban J connectivity index is 3.01. The second kappa shape index (κ2) is 5.71. The van der Waals surface area contributed by atoms with Crippen molar-refractivity contribution in [2.24, 2.45) is 5.73 Å². The number of hydrogen-bond acceptors (Lipinski definition) is 3. The predicted molar refractivity (Wildman–Crippen MR) is 62.6 cm³/mol. The molecule has 1 rings (SSSR count). The standard InChI is InChI=1S/C11H11BrF3NO2/c1-2-18-10(17)11(14,15)9(16)6-3-4-8(13)7(12)5-6/h3-5,9H,2,16H2,1H3/t9-/m0/s1. The molecule has 3 nitrogen and oxygen atoms in total. The van der Waals surface area contributed by atoms with E-state index in [-0.39, 0.29) is 16.6 Å². The quantitative estimate of drug-likeness (QED) is 0.866. The lowest BCUT2D eigenvalue weighted by molar-refractivity contribution is -0.174. The van der Waals surface area contributed by atoms with Crippen LogP contribution in [0.4, 0.5) is 13.2 Å². The van der Waals surface area contributed by atoms with E-state index in [0.717, 1.165) is 18.2 Å². The summed E-state index contributed by atoms with van der Waals surface area (Å²) in [6.07, 6.45) is 0. The third-order valence-corrected chi connectivity index (χ3v) is 2.85. The number of hydrogen-bond donors (Lipinski definition) is 1. The van der Waals surface area contributed by atoms with E-state index in [1.807, 2.05) is 0 Å². The van der Waals surface area contributed by atoms with Gasteiger partial charge in [-0.25, -0.2) is 9.18 Å². The van der Waals surface area contributed by atoms with Gasteiger partial charge >= 0.3 is 11.9 Å². The zero-order chi connectivity index (χ0) is 13.9. The summed E-state index contributed by atoms with van der Waals surface area (Å²) in [7, 11) is 0. The van der Waals surface area contributed by atoms with Gasteiger partial charge < -0.3 is 10.5 Å². The Morgan fingerprint density at radius 1 is 1.56 bits per heavy atom. The van der Waals surface area contributed by atoms with Crippen LogP contribution in [-0.4, -0.2) is 18.5 Å². The first kappa shape index (κ1) is 15.0. The molecular weight excluding hydrogens is 315 g/mol. The van der Waals surface area contributed by atoms with Crippen LogP contribution in [-0.2, 0) is 9.53 Å². The van der Waals surface area contributed by atoms with Crippen LogP contribution >= 0.6 is 15.9 Å². The van der Waals surface area contributed by atoms with Crippen LogP contribution in [0.2, 0.25) is 0 Å². The Morgan fingerprint density at radius 2 is 2.17 bits per heavy atom. The minimum atomic E-state index is -3.87. The smallest absolute Gasteiger partial charge is 0.379 e. The van der Waals surface area contributed by atoms with Gasteiger partial charge in [-0.1, -0.05) is 6.07 Å². The fraction of sp³-hybridized carbons (Fsp3) is 0.364. The molecule has 7 heteroatoms. The highest BCUT2D eigenvalue weighted by molar-refractivity contribution is 9.10. The number of benzene rings is 1. The summed E-state index contributed by atoms with van der Waals surface area (Å²) in [4.78, 5) is 11.1. The first-order valence-corrected chi connectivity index (χ1v) is 5.85. The minimum Gasteiger partial charge on any atom is -0.462 e. The number of esters is 1. The highest BCUT2D eigenvalue weighted by atomic mass is 79.9. The van der Waals surface area contributed by atoms with Crippen molar-refractivity contribution in [1.82, 2.24) is 0 Å². The fourth-order valence-corrected chi connectivity index (χ4v) is 1.67. The fourth-order valence-electron chi connectivity index (χ4n) is 1.27. The molecule has 0 aliphatic rings. The Labute approximate surface area is 110 Å².